The summed E-state index contributed by atoms with van der Waals surface area (Å²) < 4.78 is 10.6. The van der Waals surface area contributed by atoms with Crippen LogP contribution in [0.3, 0.4) is 0 Å². The highest BCUT2D eigenvalue weighted by atomic mass is 16.5. The van der Waals surface area contributed by atoms with E-state index in [9.17, 15) is 4.79 Å². The van der Waals surface area contributed by atoms with Gasteiger partial charge in [-0.05, 0) is 25.2 Å². The molecule has 1 aliphatic rings. The summed E-state index contributed by atoms with van der Waals surface area (Å²) in [6.07, 6.45) is 3.10. The van der Waals surface area contributed by atoms with E-state index in [1.807, 2.05) is 0 Å². The molecule has 5 heteroatoms. The van der Waals surface area contributed by atoms with Gasteiger partial charge in [0.1, 0.15) is 5.76 Å². The third-order valence-corrected chi connectivity index (χ3v) is 2.94. The standard InChI is InChI=1S/C14H22N2O3/c1-10(2)9-18-7-3-6-15-14(17)12-8-13(19-16-12)11-4-5-11/h8,10-11H,3-7,9H2,1-2H3,(H,15,17). The minimum Gasteiger partial charge on any atom is -0.381 e. The van der Waals surface area contributed by atoms with Crippen LogP contribution in [0, 0.1) is 5.92 Å². The van der Waals surface area contributed by atoms with Crippen LogP contribution in [0.2, 0.25) is 0 Å². The highest BCUT2D eigenvalue weighted by Crippen LogP contribution is 2.40. The lowest BCUT2D eigenvalue weighted by molar-refractivity contribution is 0.0917. The summed E-state index contributed by atoms with van der Waals surface area (Å²) in [5, 5.41) is 6.62. The first-order valence-electron chi connectivity index (χ1n) is 6.99. The average Bonchev–Trinajstić information content (AvgIpc) is 3.11. The Morgan fingerprint density at radius 1 is 1.58 bits per heavy atom. The predicted molar refractivity (Wildman–Crippen MR) is 71.1 cm³/mol. The zero-order chi connectivity index (χ0) is 13.7. The quantitative estimate of drug-likeness (QED) is 0.733. The molecule has 19 heavy (non-hydrogen) atoms. The van der Waals surface area contributed by atoms with Crippen molar-refractivity contribution < 1.29 is 14.1 Å². The van der Waals surface area contributed by atoms with Crippen LogP contribution in [-0.4, -0.2) is 30.8 Å². The first-order valence-corrected chi connectivity index (χ1v) is 6.99. The zero-order valence-corrected chi connectivity index (χ0v) is 11.6. The summed E-state index contributed by atoms with van der Waals surface area (Å²) in [5.74, 6) is 1.70. The van der Waals surface area contributed by atoms with Gasteiger partial charge in [0.05, 0.1) is 0 Å². The third-order valence-electron chi connectivity index (χ3n) is 2.94. The molecule has 1 aliphatic carbocycles. The van der Waals surface area contributed by atoms with Gasteiger partial charge in [-0.2, -0.15) is 0 Å². The van der Waals surface area contributed by atoms with E-state index in [1.54, 1.807) is 6.07 Å². The Balaban J connectivity index is 1.61. The summed E-state index contributed by atoms with van der Waals surface area (Å²) >= 11 is 0. The zero-order valence-electron chi connectivity index (χ0n) is 11.6. The molecule has 1 fully saturated rings. The SMILES string of the molecule is CC(C)COCCCNC(=O)c1cc(C2CC2)on1. The normalized spacial score (nSPS) is 14.9. The van der Waals surface area contributed by atoms with Crippen LogP contribution >= 0.6 is 0 Å². The summed E-state index contributed by atoms with van der Waals surface area (Å²) in [4.78, 5) is 11.8. The van der Waals surface area contributed by atoms with Crippen LogP contribution in [0.15, 0.2) is 10.6 Å². The average molecular weight is 266 g/mol. The molecule has 0 bridgehead atoms. The van der Waals surface area contributed by atoms with Crippen LogP contribution in [0.5, 0.6) is 0 Å². The number of aromatic nitrogens is 1. The van der Waals surface area contributed by atoms with Crippen molar-refractivity contribution in [2.45, 2.75) is 39.0 Å². The molecule has 0 aliphatic heterocycles. The van der Waals surface area contributed by atoms with Gasteiger partial charge in [0.25, 0.3) is 5.91 Å². The van der Waals surface area contributed by atoms with E-state index < -0.39 is 0 Å². The Labute approximate surface area is 113 Å². The first kappa shape index (κ1) is 14.1. The van der Waals surface area contributed by atoms with Crippen LogP contribution < -0.4 is 5.32 Å². The molecule has 106 valence electrons. The molecule has 1 aromatic rings. The van der Waals surface area contributed by atoms with Crippen LogP contribution in [0.1, 0.15) is 55.3 Å². The maximum atomic E-state index is 11.8. The first-order chi connectivity index (χ1) is 9.16. The third kappa shape index (κ3) is 4.67. The number of rotatable bonds is 8. The van der Waals surface area contributed by atoms with Crippen molar-refractivity contribution >= 4 is 5.91 Å². The minimum atomic E-state index is -0.167. The Hall–Kier alpha value is -1.36. The Bertz CT molecular complexity index is 411. The Kier molecular flexibility index (Phi) is 4.96. The topological polar surface area (TPSA) is 64.4 Å². The molecular weight excluding hydrogens is 244 g/mol. The number of carbonyl (C=O) groups excluding carboxylic acids is 1. The molecule has 1 saturated carbocycles. The number of nitrogens with zero attached hydrogens (tertiary/aromatic N) is 1. The highest BCUT2D eigenvalue weighted by molar-refractivity contribution is 5.92. The Morgan fingerprint density at radius 3 is 3.05 bits per heavy atom. The molecule has 0 saturated heterocycles. The van der Waals surface area contributed by atoms with Gasteiger partial charge in [0.2, 0.25) is 0 Å². The van der Waals surface area contributed by atoms with Crippen LogP contribution in [0.4, 0.5) is 0 Å². The van der Waals surface area contributed by atoms with E-state index >= 15 is 0 Å². The second-order valence-corrected chi connectivity index (χ2v) is 5.47. The van der Waals surface area contributed by atoms with Gasteiger partial charge in [0, 0.05) is 31.7 Å². The molecule has 0 aromatic carbocycles. The smallest absolute Gasteiger partial charge is 0.273 e. The fourth-order valence-electron chi connectivity index (χ4n) is 1.74. The number of carbonyl (C=O) groups is 1. The molecule has 0 spiro atoms. The van der Waals surface area contributed by atoms with E-state index in [2.05, 4.69) is 24.3 Å². The maximum Gasteiger partial charge on any atom is 0.273 e. The van der Waals surface area contributed by atoms with Gasteiger partial charge in [0.15, 0.2) is 5.69 Å². The summed E-state index contributed by atoms with van der Waals surface area (Å²) in [6.45, 7) is 6.27. The van der Waals surface area contributed by atoms with E-state index in [-0.39, 0.29) is 5.91 Å². The molecular formula is C14H22N2O3. The molecule has 1 amide bonds. The van der Waals surface area contributed by atoms with Crippen molar-refractivity contribution in [3.8, 4) is 0 Å². The number of ether oxygens (including phenoxy) is 1. The van der Waals surface area contributed by atoms with Gasteiger partial charge in [-0.1, -0.05) is 19.0 Å². The van der Waals surface area contributed by atoms with Gasteiger partial charge >= 0.3 is 0 Å². The van der Waals surface area contributed by atoms with Gasteiger partial charge in [-0.25, -0.2) is 0 Å². The van der Waals surface area contributed by atoms with E-state index in [4.69, 9.17) is 9.26 Å². The monoisotopic (exact) mass is 266 g/mol. The van der Waals surface area contributed by atoms with Crippen molar-refractivity contribution in [3.05, 3.63) is 17.5 Å². The predicted octanol–water partition coefficient (Wildman–Crippen LogP) is 2.34. The van der Waals surface area contributed by atoms with Crippen molar-refractivity contribution in [3.63, 3.8) is 0 Å². The largest absolute Gasteiger partial charge is 0.381 e. The van der Waals surface area contributed by atoms with Gasteiger partial charge in [-0.15, -0.1) is 0 Å². The van der Waals surface area contributed by atoms with Gasteiger partial charge in [-0.3, -0.25) is 4.79 Å². The van der Waals surface area contributed by atoms with Crippen molar-refractivity contribution in [2.24, 2.45) is 5.92 Å². The maximum absolute atomic E-state index is 11.8. The minimum absolute atomic E-state index is 0.167. The molecule has 1 heterocycles. The molecule has 0 radical (unpaired) electrons. The van der Waals surface area contributed by atoms with Crippen molar-refractivity contribution in [1.29, 1.82) is 0 Å². The number of amides is 1. The van der Waals surface area contributed by atoms with Crippen molar-refractivity contribution in [2.75, 3.05) is 19.8 Å². The fraction of sp³-hybridized carbons (Fsp3) is 0.714. The summed E-state index contributed by atoms with van der Waals surface area (Å²) in [7, 11) is 0. The van der Waals surface area contributed by atoms with Crippen LogP contribution in [-0.2, 0) is 4.74 Å². The number of nitrogens with one attached hydrogen (secondary N) is 1. The van der Waals surface area contributed by atoms with Gasteiger partial charge < -0.3 is 14.6 Å². The van der Waals surface area contributed by atoms with E-state index in [1.165, 1.54) is 0 Å². The second kappa shape index (κ2) is 6.70. The van der Waals surface area contributed by atoms with E-state index in [0.29, 0.717) is 30.7 Å². The molecule has 5 nitrogen and oxygen atoms in total. The number of hydrogen-bond donors (Lipinski definition) is 1. The van der Waals surface area contributed by atoms with Crippen molar-refractivity contribution in [1.82, 2.24) is 10.5 Å². The lowest BCUT2D eigenvalue weighted by Crippen LogP contribution is -2.25. The molecule has 1 aromatic heterocycles. The fourth-order valence-corrected chi connectivity index (χ4v) is 1.74. The summed E-state index contributed by atoms with van der Waals surface area (Å²) in [5.41, 5.74) is 0.380. The molecule has 0 atom stereocenters. The highest BCUT2D eigenvalue weighted by Gasteiger charge is 2.28. The number of hydrogen-bond acceptors (Lipinski definition) is 4. The molecule has 2 rings (SSSR count). The van der Waals surface area contributed by atoms with E-state index in [0.717, 1.165) is 31.6 Å². The lowest BCUT2D eigenvalue weighted by Gasteiger charge is -2.06. The van der Waals surface area contributed by atoms with Crippen LogP contribution in [0.25, 0.3) is 0 Å². The Morgan fingerprint density at radius 2 is 2.37 bits per heavy atom. The lowest BCUT2D eigenvalue weighted by atomic mass is 10.2. The molecule has 0 unspecified atom stereocenters. The molecule has 1 N–H and O–H groups in total. The second-order valence-electron chi connectivity index (χ2n) is 5.47. The summed E-state index contributed by atoms with van der Waals surface area (Å²) in [6, 6.07) is 1.75.